The monoisotopic (exact) mass is 288 g/mol. The van der Waals surface area contributed by atoms with E-state index in [1.165, 1.54) is 12.8 Å². The Morgan fingerprint density at radius 1 is 1.15 bits per heavy atom. The molecule has 0 saturated carbocycles. The lowest BCUT2D eigenvalue weighted by Crippen LogP contribution is -2.55. The summed E-state index contributed by atoms with van der Waals surface area (Å²) < 4.78 is 10.7. The first-order valence-corrected chi connectivity index (χ1v) is 7.51. The Labute approximate surface area is 121 Å². The van der Waals surface area contributed by atoms with Crippen LogP contribution in [0.2, 0.25) is 0 Å². The first-order chi connectivity index (χ1) is 9.70. The van der Waals surface area contributed by atoms with Crippen LogP contribution in [0, 0.1) is 0 Å². The number of hydrogen-bond acceptors (Lipinski definition) is 5. The van der Waals surface area contributed by atoms with Gasteiger partial charge in [-0.25, -0.2) is 0 Å². The maximum absolute atomic E-state index is 9.92. The summed E-state index contributed by atoms with van der Waals surface area (Å²) in [5, 5.41) is 28.7. The summed E-state index contributed by atoms with van der Waals surface area (Å²) in [7, 11) is 0. The molecule has 3 N–H and O–H groups in total. The molecular weight excluding hydrogens is 260 g/mol. The van der Waals surface area contributed by atoms with E-state index in [0.29, 0.717) is 6.61 Å². The van der Waals surface area contributed by atoms with Crippen molar-refractivity contribution in [1.82, 2.24) is 0 Å². The summed E-state index contributed by atoms with van der Waals surface area (Å²) in [5.41, 5.74) is 0. The molecule has 1 saturated heterocycles. The highest BCUT2D eigenvalue weighted by molar-refractivity contribution is 4.87. The number of aliphatic hydroxyl groups excluding tert-OH is 3. The molecule has 1 fully saturated rings. The Bertz CT molecular complexity index is 259. The molecule has 1 aliphatic heterocycles. The standard InChI is InChI=1S/C15H28O5/c1-2-3-4-5-6-7-8-9-19-15-12(17)11-20-13(10-16)14(15)18/h2,12-18H,1,3-11H2/t12-,13+,14+,15+/m0/s1. The van der Waals surface area contributed by atoms with Crippen molar-refractivity contribution >= 4 is 0 Å². The fourth-order valence-electron chi connectivity index (χ4n) is 2.37. The smallest absolute Gasteiger partial charge is 0.114 e. The molecule has 0 bridgehead atoms. The number of aliphatic hydroxyl groups is 3. The van der Waals surface area contributed by atoms with Crippen molar-refractivity contribution in [3.8, 4) is 0 Å². The fraction of sp³-hybridized carbons (Fsp3) is 0.867. The molecule has 5 heteroatoms. The van der Waals surface area contributed by atoms with E-state index in [1.54, 1.807) is 0 Å². The minimum Gasteiger partial charge on any atom is -0.394 e. The van der Waals surface area contributed by atoms with Gasteiger partial charge in [0.1, 0.15) is 24.4 Å². The normalized spacial score (nSPS) is 30.4. The van der Waals surface area contributed by atoms with Gasteiger partial charge in [-0.1, -0.05) is 25.3 Å². The molecule has 0 aromatic heterocycles. The molecule has 5 nitrogen and oxygen atoms in total. The van der Waals surface area contributed by atoms with Gasteiger partial charge in [-0.3, -0.25) is 0 Å². The van der Waals surface area contributed by atoms with E-state index in [2.05, 4.69) is 6.58 Å². The lowest BCUT2D eigenvalue weighted by atomic mass is 10.0. The van der Waals surface area contributed by atoms with Crippen molar-refractivity contribution in [1.29, 1.82) is 0 Å². The molecule has 1 aliphatic rings. The second-order valence-corrected chi connectivity index (χ2v) is 5.29. The quantitative estimate of drug-likeness (QED) is 0.413. The zero-order chi connectivity index (χ0) is 14.8. The number of unbranched alkanes of at least 4 members (excludes halogenated alkanes) is 5. The van der Waals surface area contributed by atoms with Gasteiger partial charge in [0.2, 0.25) is 0 Å². The van der Waals surface area contributed by atoms with E-state index < -0.39 is 24.4 Å². The van der Waals surface area contributed by atoms with Crippen molar-refractivity contribution in [2.24, 2.45) is 0 Å². The van der Waals surface area contributed by atoms with Crippen LogP contribution in [-0.2, 0) is 9.47 Å². The van der Waals surface area contributed by atoms with Gasteiger partial charge in [0.25, 0.3) is 0 Å². The summed E-state index contributed by atoms with van der Waals surface area (Å²) in [5.74, 6) is 0. The first kappa shape index (κ1) is 17.6. The van der Waals surface area contributed by atoms with Crippen molar-refractivity contribution in [3.63, 3.8) is 0 Å². The van der Waals surface area contributed by atoms with Crippen LogP contribution in [-0.4, -0.2) is 59.6 Å². The van der Waals surface area contributed by atoms with Crippen LogP contribution in [0.25, 0.3) is 0 Å². The molecule has 4 atom stereocenters. The van der Waals surface area contributed by atoms with Gasteiger partial charge < -0.3 is 24.8 Å². The molecule has 0 aromatic carbocycles. The van der Waals surface area contributed by atoms with Crippen LogP contribution in [0.4, 0.5) is 0 Å². The molecule has 0 aromatic rings. The number of allylic oxidation sites excluding steroid dienone is 1. The van der Waals surface area contributed by atoms with E-state index >= 15 is 0 Å². The van der Waals surface area contributed by atoms with Crippen LogP contribution >= 0.6 is 0 Å². The fourth-order valence-corrected chi connectivity index (χ4v) is 2.37. The van der Waals surface area contributed by atoms with E-state index in [4.69, 9.17) is 14.6 Å². The molecule has 0 aliphatic carbocycles. The highest BCUT2D eigenvalue weighted by Gasteiger charge is 2.38. The minimum absolute atomic E-state index is 0.0918. The maximum atomic E-state index is 9.92. The van der Waals surface area contributed by atoms with Crippen molar-refractivity contribution in [2.75, 3.05) is 19.8 Å². The Kier molecular flexibility index (Phi) is 9.05. The summed E-state index contributed by atoms with van der Waals surface area (Å²) in [4.78, 5) is 0. The van der Waals surface area contributed by atoms with Gasteiger partial charge in [0.05, 0.1) is 13.2 Å². The SMILES string of the molecule is C=CCCCCCCCO[C@H]1[C@H](O)[C@@H](CO)OC[C@@H]1O. The molecule has 1 heterocycles. The second kappa shape index (κ2) is 10.3. The molecule has 118 valence electrons. The van der Waals surface area contributed by atoms with E-state index in [0.717, 1.165) is 25.7 Å². The lowest BCUT2D eigenvalue weighted by molar-refractivity contribution is -0.210. The predicted molar refractivity (Wildman–Crippen MR) is 76.5 cm³/mol. The van der Waals surface area contributed by atoms with Crippen LogP contribution in [0.1, 0.15) is 38.5 Å². The molecular formula is C15H28O5. The van der Waals surface area contributed by atoms with Crippen molar-refractivity contribution in [3.05, 3.63) is 12.7 Å². The van der Waals surface area contributed by atoms with Gasteiger partial charge in [0, 0.05) is 6.61 Å². The average Bonchev–Trinajstić information content (AvgIpc) is 2.45. The predicted octanol–water partition coefficient (Wildman–Crippen LogP) is 1.01. The zero-order valence-corrected chi connectivity index (χ0v) is 12.1. The number of rotatable bonds is 10. The molecule has 0 amide bonds. The van der Waals surface area contributed by atoms with Crippen molar-refractivity contribution < 1.29 is 24.8 Å². The Morgan fingerprint density at radius 3 is 2.55 bits per heavy atom. The van der Waals surface area contributed by atoms with E-state index in [1.807, 2.05) is 6.08 Å². The van der Waals surface area contributed by atoms with E-state index in [-0.39, 0.29) is 13.2 Å². The maximum Gasteiger partial charge on any atom is 0.114 e. The third-order valence-electron chi connectivity index (χ3n) is 3.62. The first-order valence-electron chi connectivity index (χ1n) is 7.51. The van der Waals surface area contributed by atoms with Gasteiger partial charge in [-0.05, 0) is 19.3 Å². The summed E-state index contributed by atoms with van der Waals surface area (Å²) in [6.45, 7) is 4.03. The van der Waals surface area contributed by atoms with Crippen LogP contribution in [0.15, 0.2) is 12.7 Å². The average molecular weight is 288 g/mol. The second-order valence-electron chi connectivity index (χ2n) is 5.29. The summed E-state index contributed by atoms with van der Waals surface area (Å²) in [6.07, 6.45) is 5.40. The third kappa shape index (κ3) is 5.89. The highest BCUT2D eigenvalue weighted by atomic mass is 16.6. The van der Waals surface area contributed by atoms with Crippen LogP contribution < -0.4 is 0 Å². The summed E-state index contributed by atoms with van der Waals surface area (Å²) in [6, 6.07) is 0. The van der Waals surface area contributed by atoms with Crippen molar-refractivity contribution in [2.45, 2.75) is 62.9 Å². The molecule has 0 unspecified atom stereocenters. The number of hydrogen-bond donors (Lipinski definition) is 3. The Hall–Kier alpha value is -0.460. The molecule has 0 radical (unpaired) electrons. The van der Waals surface area contributed by atoms with Crippen LogP contribution in [0.5, 0.6) is 0 Å². The third-order valence-corrected chi connectivity index (χ3v) is 3.62. The van der Waals surface area contributed by atoms with Gasteiger partial charge in [-0.2, -0.15) is 0 Å². The molecule has 0 spiro atoms. The zero-order valence-electron chi connectivity index (χ0n) is 12.1. The van der Waals surface area contributed by atoms with Gasteiger partial charge >= 0.3 is 0 Å². The van der Waals surface area contributed by atoms with Gasteiger partial charge in [-0.15, -0.1) is 6.58 Å². The van der Waals surface area contributed by atoms with Gasteiger partial charge in [0.15, 0.2) is 0 Å². The van der Waals surface area contributed by atoms with E-state index in [9.17, 15) is 10.2 Å². The van der Waals surface area contributed by atoms with Crippen LogP contribution in [0.3, 0.4) is 0 Å². The Morgan fingerprint density at radius 2 is 1.85 bits per heavy atom. The summed E-state index contributed by atoms with van der Waals surface area (Å²) >= 11 is 0. The molecule has 1 rings (SSSR count). The highest BCUT2D eigenvalue weighted by Crippen LogP contribution is 2.19. The molecule has 20 heavy (non-hydrogen) atoms. The number of ether oxygens (including phenoxy) is 2. The Balaban J connectivity index is 2.11. The lowest BCUT2D eigenvalue weighted by Gasteiger charge is -2.37. The largest absolute Gasteiger partial charge is 0.394 e. The minimum atomic E-state index is -0.976. The topological polar surface area (TPSA) is 79.2 Å².